The van der Waals surface area contributed by atoms with Crippen LogP contribution >= 0.6 is 0 Å². The standard InChI is InChI=1S/C11H11N3O2/c1-14-8-9(7-12-14)13-11(15)16-10-5-3-2-4-6-10/h2-8H,1H3,(H,13,15). The van der Waals surface area contributed by atoms with Gasteiger partial charge in [0.15, 0.2) is 0 Å². The summed E-state index contributed by atoms with van der Waals surface area (Å²) in [5.74, 6) is 0.504. The summed E-state index contributed by atoms with van der Waals surface area (Å²) in [5.41, 5.74) is 0.600. The fraction of sp³-hybridized carbons (Fsp3) is 0.0909. The Morgan fingerprint density at radius 2 is 2.12 bits per heavy atom. The maximum absolute atomic E-state index is 11.4. The molecule has 1 aromatic heterocycles. The average molecular weight is 217 g/mol. The topological polar surface area (TPSA) is 56.2 Å². The molecule has 0 saturated heterocycles. The second kappa shape index (κ2) is 4.48. The van der Waals surface area contributed by atoms with Gasteiger partial charge in [-0.1, -0.05) is 18.2 Å². The molecule has 0 aliphatic heterocycles. The van der Waals surface area contributed by atoms with Gasteiger partial charge in [-0.3, -0.25) is 10.00 Å². The molecule has 1 aromatic carbocycles. The third kappa shape index (κ3) is 2.60. The van der Waals surface area contributed by atoms with Crippen molar-refractivity contribution >= 4 is 11.8 Å². The molecule has 0 aliphatic rings. The molecule has 2 aromatic rings. The Kier molecular flexibility index (Phi) is 2.86. The fourth-order valence-electron chi connectivity index (χ4n) is 1.22. The average Bonchev–Trinajstić information content (AvgIpc) is 2.65. The lowest BCUT2D eigenvalue weighted by Gasteiger charge is -2.03. The number of amides is 1. The quantitative estimate of drug-likeness (QED) is 0.837. The van der Waals surface area contributed by atoms with E-state index in [2.05, 4.69) is 10.4 Å². The maximum Gasteiger partial charge on any atom is 0.417 e. The van der Waals surface area contributed by atoms with Crippen molar-refractivity contribution in [3.05, 3.63) is 42.7 Å². The van der Waals surface area contributed by atoms with Crippen LogP contribution in [0.5, 0.6) is 5.75 Å². The van der Waals surface area contributed by atoms with Crippen molar-refractivity contribution in [1.82, 2.24) is 9.78 Å². The number of para-hydroxylation sites is 1. The molecule has 5 nitrogen and oxygen atoms in total. The number of carbonyl (C=O) groups is 1. The zero-order valence-corrected chi connectivity index (χ0v) is 8.75. The summed E-state index contributed by atoms with van der Waals surface area (Å²) in [6, 6.07) is 8.87. The molecule has 16 heavy (non-hydrogen) atoms. The highest BCUT2D eigenvalue weighted by Crippen LogP contribution is 2.10. The lowest BCUT2D eigenvalue weighted by atomic mass is 10.3. The molecule has 5 heteroatoms. The number of benzene rings is 1. The van der Waals surface area contributed by atoms with E-state index in [1.54, 1.807) is 48.4 Å². The van der Waals surface area contributed by atoms with Gasteiger partial charge in [-0.25, -0.2) is 4.79 Å². The Bertz CT molecular complexity index is 479. The van der Waals surface area contributed by atoms with Crippen molar-refractivity contribution in [1.29, 1.82) is 0 Å². The van der Waals surface area contributed by atoms with Gasteiger partial charge in [-0.05, 0) is 12.1 Å². The number of hydrogen-bond acceptors (Lipinski definition) is 3. The van der Waals surface area contributed by atoms with Gasteiger partial charge in [0.2, 0.25) is 0 Å². The van der Waals surface area contributed by atoms with Crippen LogP contribution in [0.1, 0.15) is 0 Å². The molecule has 0 radical (unpaired) electrons. The molecule has 0 atom stereocenters. The van der Waals surface area contributed by atoms with Crippen molar-refractivity contribution in [3.8, 4) is 5.75 Å². The lowest BCUT2D eigenvalue weighted by Crippen LogP contribution is -2.16. The minimum Gasteiger partial charge on any atom is -0.410 e. The molecular formula is C11H11N3O2. The molecule has 0 unspecified atom stereocenters. The van der Waals surface area contributed by atoms with E-state index in [1.807, 2.05) is 6.07 Å². The largest absolute Gasteiger partial charge is 0.417 e. The SMILES string of the molecule is Cn1cc(NC(=O)Oc2ccccc2)cn1. The summed E-state index contributed by atoms with van der Waals surface area (Å²) in [5, 5.41) is 6.49. The number of ether oxygens (including phenoxy) is 1. The van der Waals surface area contributed by atoms with Gasteiger partial charge in [0.1, 0.15) is 5.75 Å². The van der Waals surface area contributed by atoms with Crippen molar-refractivity contribution < 1.29 is 9.53 Å². The Balaban J connectivity index is 1.95. The third-order valence-corrected chi connectivity index (χ3v) is 1.91. The van der Waals surface area contributed by atoms with Crippen LogP contribution in [-0.2, 0) is 7.05 Å². The van der Waals surface area contributed by atoms with E-state index < -0.39 is 6.09 Å². The lowest BCUT2D eigenvalue weighted by molar-refractivity contribution is 0.215. The molecular weight excluding hydrogens is 206 g/mol. The Hall–Kier alpha value is -2.30. The number of rotatable bonds is 2. The normalized spacial score (nSPS) is 9.81. The zero-order valence-electron chi connectivity index (χ0n) is 8.75. The van der Waals surface area contributed by atoms with Crippen molar-refractivity contribution in [2.24, 2.45) is 7.05 Å². The predicted octanol–water partition coefficient (Wildman–Crippen LogP) is 2.03. The van der Waals surface area contributed by atoms with Gasteiger partial charge in [-0.15, -0.1) is 0 Å². The smallest absolute Gasteiger partial charge is 0.410 e. The van der Waals surface area contributed by atoms with Crippen LogP contribution in [0.2, 0.25) is 0 Å². The second-order valence-corrected chi connectivity index (χ2v) is 3.23. The molecule has 82 valence electrons. The first-order valence-corrected chi connectivity index (χ1v) is 4.76. The summed E-state index contributed by atoms with van der Waals surface area (Å²) in [6.07, 6.45) is 2.71. The van der Waals surface area contributed by atoms with Gasteiger partial charge in [0.25, 0.3) is 0 Å². The molecule has 1 amide bonds. The molecule has 2 rings (SSSR count). The zero-order chi connectivity index (χ0) is 11.4. The number of anilines is 1. The number of nitrogens with zero attached hydrogens (tertiary/aromatic N) is 2. The molecule has 1 N–H and O–H groups in total. The third-order valence-electron chi connectivity index (χ3n) is 1.91. The van der Waals surface area contributed by atoms with Crippen LogP contribution in [0.25, 0.3) is 0 Å². The van der Waals surface area contributed by atoms with E-state index in [9.17, 15) is 4.79 Å². The Morgan fingerprint density at radius 3 is 2.75 bits per heavy atom. The highest BCUT2D eigenvalue weighted by atomic mass is 16.6. The Morgan fingerprint density at radius 1 is 1.38 bits per heavy atom. The minimum absolute atomic E-state index is 0.504. The van der Waals surface area contributed by atoms with Crippen LogP contribution in [0.4, 0.5) is 10.5 Å². The number of aromatic nitrogens is 2. The van der Waals surface area contributed by atoms with Crippen LogP contribution < -0.4 is 10.1 Å². The van der Waals surface area contributed by atoms with Gasteiger partial charge in [0, 0.05) is 13.2 Å². The molecule has 0 saturated carbocycles. The second-order valence-electron chi connectivity index (χ2n) is 3.23. The molecule has 0 fully saturated rings. The number of nitrogens with one attached hydrogen (secondary N) is 1. The van der Waals surface area contributed by atoms with Gasteiger partial charge in [0.05, 0.1) is 11.9 Å². The van der Waals surface area contributed by atoms with E-state index in [0.717, 1.165) is 0 Å². The molecule has 1 heterocycles. The van der Waals surface area contributed by atoms with Crippen LogP contribution in [0, 0.1) is 0 Å². The van der Waals surface area contributed by atoms with Gasteiger partial charge >= 0.3 is 6.09 Å². The highest BCUT2D eigenvalue weighted by Gasteiger charge is 2.05. The van der Waals surface area contributed by atoms with E-state index in [-0.39, 0.29) is 0 Å². The van der Waals surface area contributed by atoms with Gasteiger partial charge < -0.3 is 4.74 Å². The molecule has 0 bridgehead atoms. The highest BCUT2D eigenvalue weighted by molar-refractivity contribution is 5.85. The van der Waals surface area contributed by atoms with Crippen molar-refractivity contribution in [2.45, 2.75) is 0 Å². The number of hydrogen-bond donors (Lipinski definition) is 1. The summed E-state index contributed by atoms with van der Waals surface area (Å²) in [4.78, 5) is 11.4. The fourth-order valence-corrected chi connectivity index (χ4v) is 1.22. The summed E-state index contributed by atoms with van der Waals surface area (Å²) >= 11 is 0. The summed E-state index contributed by atoms with van der Waals surface area (Å²) in [7, 11) is 1.77. The molecule has 0 spiro atoms. The number of aryl methyl sites for hydroxylation is 1. The first-order valence-electron chi connectivity index (χ1n) is 4.76. The van der Waals surface area contributed by atoms with E-state index in [0.29, 0.717) is 11.4 Å². The Labute approximate surface area is 92.7 Å². The minimum atomic E-state index is -0.529. The van der Waals surface area contributed by atoms with Crippen LogP contribution in [0.3, 0.4) is 0 Å². The van der Waals surface area contributed by atoms with Crippen LogP contribution in [-0.4, -0.2) is 15.9 Å². The van der Waals surface area contributed by atoms with E-state index in [1.165, 1.54) is 0 Å². The molecule has 0 aliphatic carbocycles. The van der Waals surface area contributed by atoms with Gasteiger partial charge in [-0.2, -0.15) is 5.10 Å². The number of carbonyl (C=O) groups excluding carboxylic acids is 1. The summed E-state index contributed by atoms with van der Waals surface area (Å²) in [6.45, 7) is 0. The maximum atomic E-state index is 11.4. The first kappa shape index (κ1) is 10.2. The van der Waals surface area contributed by atoms with Crippen molar-refractivity contribution in [2.75, 3.05) is 5.32 Å². The first-order chi connectivity index (χ1) is 7.74. The van der Waals surface area contributed by atoms with E-state index in [4.69, 9.17) is 4.74 Å². The monoisotopic (exact) mass is 217 g/mol. The van der Waals surface area contributed by atoms with Crippen molar-refractivity contribution in [3.63, 3.8) is 0 Å². The predicted molar refractivity (Wildman–Crippen MR) is 59.3 cm³/mol. The van der Waals surface area contributed by atoms with E-state index >= 15 is 0 Å². The summed E-state index contributed by atoms with van der Waals surface area (Å²) < 4.78 is 6.64. The van der Waals surface area contributed by atoms with Crippen LogP contribution in [0.15, 0.2) is 42.7 Å².